The van der Waals surface area contributed by atoms with Crippen LogP contribution >= 0.6 is 0 Å². The number of halogens is 3. The molecule has 0 spiro atoms. The Kier molecular flexibility index (Phi) is 3.59. The number of hydrogen-bond donors (Lipinski definition) is 1. The topological polar surface area (TPSA) is 48.1 Å². The molecule has 3 nitrogen and oxygen atoms in total. The van der Waals surface area contributed by atoms with Crippen molar-refractivity contribution in [3.8, 4) is 5.88 Å². The lowest BCUT2D eigenvalue weighted by molar-refractivity contribution is -0.137. The van der Waals surface area contributed by atoms with E-state index in [4.69, 9.17) is 10.5 Å². The van der Waals surface area contributed by atoms with Gasteiger partial charge in [0.05, 0.1) is 11.3 Å². The summed E-state index contributed by atoms with van der Waals surface area (Å²) < 4.78 is 42.5. The van der Waals surface area contributed by atoms with Crippen molar-refractivity contribution in [2.75, 3.05) is 5.73 Å². The van der Waals surface area contributed by atoms with Crippen LogP contribution in [0.15, 0.2) is 42.6 Å². The van der Waals surface area contributed by atoms with Gasteiger partial charge >= 0.3 is 6.18 Å². The number of pyridine rings is 1. The van der Waals surface area contributed by atoms with Crippen molar-refractivity contribution in [2.45, 2.75) is 12.8 Å². The minimum absolute atomic E-state index is 0.00291. The van der Waals surface area contributed by atoms with E-state index in [1.807, 2.05) is 30.3 Å². The third kappa shape index (κ3) is 3.37. The highest BCUT2D eigenvalue weighted by Gasteiger charge is 2.31. The van der Waals surface area contributed by atoms with Crippen LogP contribution in [0.25, 0.3) is 0 Å². The highest BCUT2D eigenvalue weighted by Crippen LogP contribution is 2.32. The van der Waals surface area contributed by atoms with Crippen molar-refractivity contribution < 1.29 is 17.9 Å². The molecule has 0 amide bonds. The summed E-state index contributed by atoms with van der Waals surface area (Å²) in [5.74, 6) is -0.00291. The molecule has 1 aromatic carbocycles. The van der Waals surface area contributed by atoms with Gasteiger partial charge in [0.1, 0.15) is 6.61 Å². The molecule has 6 heteroatoms. The second-order valence-corrected chi connectivity index (χ2v) is 3.89. The molecule has 2 N–H and O–H groups in total. The number of benzene rings is 1. The maximum absolute atomic E-state index is 12.4. The summed E-state index contributed by atoms with van der Waals surface area (Å²) in [6, 6.07) is 10.0. The van der Waals surface area contributed by atoms with Crippen LogP contribution in [0.3, 0.4) is 0 Å². The van der Waals surface area contributed by atoms with Gasteiger partial charge in [0, 0.05) is 6.20 Å². The van der Waals surface area contributed by atoms with Gasteiger partial charge in [0.15, 0.2) is 0 Å². The fourth-order valence-corrected chi connectivity index (χ4v) is 1.47. The first-order valence-corrected chi connectivity index (χ1v) is 5.46. The Morgan fingerprint density at radius 3 is 2.42 bits per heavy atom. The van der Waals surface area contributed by atoms with Crippen molar-refractivity contribution in [2.24, 2.45) is 0 Å². The molecule has 0 radical (unpaired) electrons. The molecular weight excluding hydrogens is 257 g/mol. The number of hydrogen-bond acceptors (Lipinski definition) is 3. The number of ether oxygens (including phenoxy) is 1. The third-order valence-corrected chi connectivity index (χ3v) is 2.42. The van der Waals surface area contributed by atoms with Crippen molar-refractivity contribution in [3.63, 3.8) is 0 Å². The Labute approximate surface area is 107 Å². The van der Waals surface area contributed by atoms with E-state index >= 15 is 0 Å². The standard InChI is InChI=1S/C13H11F3N2O/c14-13(15,16)10-6-11(17)12(18-7-10)19-8-9-4-2-1-3-5-9/h1-7H,8,17H2. The Bertz CT molecular complexity index is 556. The number of rotatable bonds is 3. The zero-order chi connectivity index (χ0) is 13.9. The highest BCUT2D eigenvalue weighted by molar-refractivity contribution is 5.50. The first-order valence-electron chi connectivity index (χ1n) is 5.46. The van der Waals surface area contributed by atoms with E-state index in [1.54, 1.807) is 0 Å². The van der Waals surface area contributed by atoms with Crippen LogP contribution in [0.5, 0.6) is 5.88 Å². The fourth-order valence-electron chi connectivity index (χ4n) is 1.47. The summed E-state index contributed by atoms with van der Waals surface area (Å²) >= 11 is 0. The molecule has 1 aromatic heterocycles. The number of nitrogens with two attached hydrogens (primary N) is 1. The molecule has 100 valence electrons. The SMILES string of the molecule is Nc1cc(C(F)(F)F)cnc1OCc1ccccc1. The number of anilines is 1. The predicted molar refractivity (Wildman–Crippen MR) is 64.4 cm³/mol. The molecule has 0 bridgehead atoms. The number of aromatic nitrogens is 1. The van der Waals surface area contributed by atoms with E-state index < -0.39 is 11.7 Å². The monoisotopic (exact) mass is 268 g/mol. The fraction of sp³-hybridized carbons (Fsp3) is 0.154. The van der Waals surface area contributed by atoms with Gasteiger partial charge in [-0.15, -0.1) is 0 Å². The molecule has 2 aromatic rings. The molecule has 0 aliphatic carbocycles. The van der Waals surface area contributed by atoms with E-state index in [-0.39, 0.29) is 18.2 Å². The second kappa shape index (κ2) is 5.17. The van der Waals surface area contributed by atoms with Crippen molar-refractivity contribution in [1.29, 1.82) is 0 Å². The van der Waals surface area contributed by atoms with E-state index in [9.17, 15) is 13.2 Å². The summed E-state index contributed by atoms with van der Waals surface area (Å²) in [6.45, 7) is 0.198. The van der Waals surface area contributed by atoms with E-state index in [0.29, 0.717) is 6.20 Å². The first kappa shape index (κ1) is 13.2. The molecule has 0 unspecified atom stereocenters. The van der Waals surface area contributed by atoms with Crippen LogP contribution in [-0.4, -0.2) is 4.98 Å². The van der Waals surface area contributed by atoms with Gasteiger partial charge in [-0.25, -0.2) is 4.98 Å². The molecule has 0 aliphatic rings. The second-order valence-electron chi connectivity index (χ2n) is 3.89. The van der Waals surface area contributed by atoms with Gasteiger partial charge < -0.3 is 10.5 Å². The van der Waals surface area contributed by atoms with Crippen LogP contribution in [0.4, 0.5) is 18.9 Å². The Balaban J connectivity index is 2.10. The normalized spacial score (nSPS) is 11.3. The van der Waals surface area contributed by atoms with Crippen LogP contribution in [0.1, 0.15) is 11.1 Å². The average Bonchev–Trinajstić information content (AvgIpc) is 2.37. The zero-order valence-electron chi connectivity index (χ0n) is 9.82. The van der Waals surface area contributed by atoms with E-state index in [2.05, 4.69) is 4.98 Å². The molecule has 0 atom stereocenters. The zero-order valence-corrected chi connectivity index (χ0v) is 9.82. The van der Waals surface area contributed by atoms with E-state index in [0.717, 1.165) is 11.6 Å². The number of nitrogens with zero attached hydrogens (tertiary/aromatic N) is 1. The van der Waals surface area contributed by atoms with Gasteiger partial charge in [-0.1, -0.05) is 30.3 Å². The van der Waals surface area contributed by atoms with Crippen LogP contribution in [0.2, 0.25) is 0 Å². The number of alkyl halides is 3. The molecular formula is C13H11F3N2O. The largest absolute Gasteiger partial charge is 0.471 e. The van der Waals surface area contributed by atoms with Gasteiger partial charge in [0.25, 0.3) is 0 Å². The van der Waals surface area contributed by atoms with Crippen LogP contribution < -0.4 is 10.5 Å². The molecule has 2 rings (SSSR count). The van der Waals surface area contributed by atoms with Gasteiger partial charge in [-0.2, -0.15) is 13.2 Å². The van der Waals surface area contributed by atoms with Crippen molar-refractivity contribution in [3.05, 3.63) is 53.7 Å². The Morgan fingerprint density at radius 2 is 1.84 bits per heavy atom. The summed E-state index contributed by atoms with van der Waals surface area (Å²) in [7, 11) is 0. The van der Waals surface area contributed by atoms with Gasteiger partial charge in [-0.05, 0) is 11.6 Å². The van der Waals surface area contributed by atoms with Gasteiger partial charge in [-0.3, -0.25) is 0 Å². The summed E-state index contributed by atoms with van der Waals surface area (Å²) in [5, 5.41) is 0. The lowest BCUT2D eigenvalue weighted by atomic mass is 10.2. The maximum Gasteiger partial charge on any atom is 0.417 e. The minimum atomic E-state index is -4.46. The van der Waals surface area contributed by atoms with Crippen molar-refractivity contribution in [1.82, 2.24) is 4.98 Å². The molecule has 0 aliphatic heterocycles. The Morgan fingerprint density at radius 1 is 1.16 bits per heavy atom. The predicted octanol–water partition coefficient (Wildman–Crippen LogP) is 3.26. The van der Waals surface area contributed by atoms with Crippen LogP contribution in [-0.2, 0) is 12.8 Å². The van der Waals surface area contributed by atoms with E-state index in [1.165, 1.54) is 0 Å². The third-order valence-electron chi connectivity index (χ3n) is 2.42. The lowest BCUT2D eigenvalue weighted by Crippen LogP contribution is -2.08. The molecule has 0 saturated carbocycles. The molecule has 0 fully saturated rings. The summed E-state index contributed by atoms with van der Waals surface area (Å²) in [4.78, 5) is 3.59. The van der Waals surface area contributed by atoms with Crippen LogP contribution in [0, 0.1) is 0 Å². The molecule has 19 heavy (non-hydrogen) atoms. The molecule has 1 heterocycles. The Hall–Kier alpha value is -2.24. The summed E-state index contributed by atoms with van der Waals surface area (Å²) in [6.07, 6.45) is -3.75. The smallest absolute Gasteiger partial charge is 0.417 e. The number of nitrogen functional groups attached to an aromatic ring is 1. The van der Waals surface area contributed by atoms with Crippen molar-refractivity contribution >= 4 is 5.69 Å². The lowest BCUT2D eigenvalue weighted by Gasteiger charge is -2.11. The quantitative estimate of drug-likeness (QED) is 0.929. The van der Waals surface area contributed by atoms with Gasteiger partial charge in [0.2, 0.25) is 5.88 Å². The summed E-state index contributed by atoms with van der Waals surface area (Å²) in [5.41, 5.74) is 5.35. The average molecular weight is 268 g/mol. The highest BCUT2D eigenvalue weighted by atomic mass is 19.4. The molecule has 0 saturated heterocycles. The minimum Gasteiger partial charge on any atom is -0.471 e. The first-order chi connectivity index (χ1) is 8.97. The maximum atomic E-state index is 12.4.